The van der Waals surface area contributed by atoms with Crippen molar-refractivity contribution in [3.63, 3.8) is 0 Å². The lowest BCUT2D eigenvalue weighted by atomic mass is 10.1. The smallest absolute Gasteiger partial charge is 0.288 e. The van der Waals surface area contributed by atoms with Gasteiger partial charge in [0, 0.05) is 24.4 Å². The fourth-order valence-electron chi connectivity index (χ4n) is 3.25. The molecule has 1 aliphatic rings. The van der Waals surface area contributed by atoms with Gasteiger partial charge < -0.3 is 15.0 Å². The van der Waals surface area contributed by atoms with Crippen LogP contribution in [0.5, 0.6) is 11.5 Å². The van der Waals surface area contributed by atoms with Gasteiger partial charge in [-0.1, -0.05) is 17.7 Å². The van der Waals surface area contributed by atoms with Gasteiger partial charge in [-0.25, -0.2) is 0 Å². The largest absolute Gasteiger partial charge is 0.454 e. The number of halogens is 1. The predicted molar refractivity (Wildman–Crippen MR) is 116 cm³/mol. The summed E-state index contributed by atoms with van der Waals surface area (Å²) in [6.07, 6.45) is 0. The number of nitrogens with zero attached hydrogens (tertiary/aromatic N) is 2. The van der Waals surface area contributed by atoms with E-state index in [0.717, 1.165) is 11.6 Å². The van der Waals surface area contributed by atoms with E-state index in [4.69, 9.17) is 16.3 Å². The molecule has 0 radical (unpaired) electrons. The Morgan fingerprint density at radius 1 is 1.10 bits per heavy atom. The molecule has 1 heterocycles. The van der Waals surface area contributed by atoms with E-state index in [0.29, 0.717) is 22.9 Å². The third kappa shape index (κ3) is 3.80. The molecule has 4 rings (SSSR count). The van der Waals surface area contributed by atoms with E-state index >= 15 is 0 Å². The van der Waals surface area contributed by atoms with Crippen LogP contribution in [0, 0.1) is 17.0 Å². The van der Waals surface area contributed by atoms with E-state index < -0.39 is 10.8 Å². The van der Waals surface area contributed by atoms with Gasteiger partial charge in [0.05, 0.1) is 16.2 Å². The zero-order valence-corrected chi connectivity index (χ0v) is 17.3. The molecule has 3 aromatic carbocycles. The molecular formula is C22H16ClN3O5. The van der Waals surface area contributed by atoms with Crippen LogP contribution in [-0.4, -0.2) is 23.8 Å². The summed E-state index contributed by atoms with van der Waals surface area (Å²) in [6, 6.07) is 14.0. The summed E-state index contributed by atoms with van der Waals surface area (Å²) in [7, 11) is 1.65. The lowest BCUT2D eigenvalue weighted by Gasteiger charge is -2.16. The van der Waals surface area contributed by atoms with Crippen molar-refractivity contribution >= 4 is 40.5 Å². The lowest BCUT2D eigenvalue weighted by Crippen LogP contribution is -2.25. The van der Waals surface area contributed by atoms with Crippen molar-refractivity contribution in [3.8, 4) is 11.5 Å². The minimum atomic E-state index is -0.660. The van der Waals surface area contributed by atoms with Crippen LogP contribution in [0.1, 0.15) is 26.3 Å². The van der Waals surface area contributed by atoms with E-state index in [2.05, 4.69) is 5.32 Å². The normalized spacial score (nSPS) is 12.4. The first kappa shape index (κ1) is 20.4. The molecule has 0 aliphatic carbocycles. The highest BCUT2D eigenvalue weighted by molar-refractivity contribution is 6.32. The van der Waals surface area contributed by atoms with Gasteiger partial charge in [-0.2, -0.15) is 0 Å². The first-order valence-electron chi connectivity index (χ1n) is 9.20. The number of nitrogens with one attached hydrogen (secondary N) is 1. The van der Waals surface area contributed by atoms with Gasteiger partial charge in [-0.3, -0.25) is 19.7 Å². The van der Waals surface area contributed by atoms with Crippen molar-refractivity contribution in [1.82, 2.24) is 0 Å². The number of amides is 2. The molecule has 0 atom stereocenters. The molecule has 9 heteroatoms. The molecule has 0 saturated carbocycles. The third-order valence-corrected chi connectivity index (χ3v) is 5.19. The Hall–Kier alpha value is -3.91. The number of hydrogen-bond donors (Lipinski definition) is 1. The number of nitro groups is 1. The van der Waals surface area contributed by atoms with E-state index in [1.54, 1.807) is 25.2 Å². The zero-order chi connectivity index (χ0) is 22.3. The molecule has 2 amide bonds. The third-order valence-electron chi connectivity index (χ3n) is 4.87. The Kier molecular flexibility index (Phi) is 5.08. The van der Waals surface area contributed by atoms with E-state index in [1.165, 1.54) is 23.1 Å². The average Bonchev–Trinajstić information content (AvgIpc) is 2.83. The van der Waals surface area contributed by atoms with Crippen molar-refractivity contribution in [3.05, 3.63) is 86.4 Å². The van der Waals surface area contributed by atoms with Crippen LogP contribution in [0.15, 0.2) is 54.6 Å². The van der Waals surface area contributed by atoms with Crippen molar-refractivity contribution in [1.29, 1.82) is 0 Å². The highest BCUT2D eigenvalue weighted by Gasteiger charge is 2.26. The molecule has 1 N–H and O–H groups in total. The molecule has 0 aromatic heterocycles. The summed E-state index contributed by atoms with van der Waals surface area (Å²) >= 11 is 5.80. The summed E-state index contributed by atoms with van der Waals surface area (Å²) in [4.78, 5) is 37.5. The van der Waals surface area contributed by atoms with Crippen LogP contribution < -0.4 is 15.0 Å². The van der Waals surface area contributed by atoms with Crippen LogP contribution >= 0.6 is 11.6 Å². The minimum absolute atomic E-state index is 0.0628. The number of rotatable bonds is 3. The Morgan fingerprint density at radius 3 is 2.58 bits per heavy atom. The van der Waals surface area contributed by atoms with Crippen molar-refractivity contribution in [2.75, 3.05) is 17.3 Å². The summed E-state index contributed by atoms with van der Waals surface area (Å²) in [5.41, 5.74) is 1.94. The van der Waals surface area contributed by atoms with E-state index in [-0.39, 0.29) is 27.7 Å². The molecule has 156 valence electrons. The van der Waals surface area contributed by atoms with Crippen LogP contribution in [0.4, 0.5) is 17.1 Å². The number of benzene rings is 3. The maximum Gasteiger partial charge on any atom is 0.288 e. The van der Waals surface area contributed by atoms with Crippen molar-refractivity contribution < 1.29 is 19.2 Å². The maximum absolute atomic E-state index is 13.0. The Bertz CT molecular complexity index is 1260. The van der Waals surface area contributed by atoms with Gasteiger partial charge in [0.15, 0.2) is 5.75 Å². The lowest BCUT2D eigenvalue weighted by molar-refractivity contribution is -0.384. The SMILES string of the molecule is Cc1ccc2c(c1)N(C)C(=O)c1cc(NC(=O)c3ccc(Cl)c([N+](=O)[O-])c3)ccc1O2. The first-order chi connectivity index (χ1) is 14.7. The van der Waals surface area contributed by atoms with Crippen LogP contribution in [-0.2, 0) is 0 Å². The summed E-state index contributed by atoms with van der Waals surface area (Å²) in [5, 5.41) is 13.6. The fraction of sp³-hybridized carbons (Fsp3) is 0.0909. The second-order valence-corrected chi connectivity index (χ2v) is 7.43. The number of carbonyl (C=O) groups is 2. The molecule has 0 bridgehead atoms. The molecule has 0 fully saturated rings. The van der Waals surface area contributed by atoms with Gasteiger partial charge in [0.1, 0.15) is 10.8 Å². The van der Waals surface area contributed by atoms with Gasteiger partial charge in [-0.15, -0.1) is 0 Å². The van der Waals surface area contributed by atoms with Crippen molar-refractivity contribution in [2.24, 2.45) is 0 Å². The fourth-order valence-corrected chi connectivity index (χ4v) is 3.43. The highest BCUT2D eigenvalue weighted by atomic mass is 35.5. The van der Waals surface area contributed by atoms with Gasteiger partial charge >= 0.3 is 0 Å². The van der Waals surface area contributed by atoms with Gasteiger partial charge in [-0.05, 0) is 55.0 Å². The van der Waals surface area contributed by atoms with Gasteiger partial charge in [0.25, 0.3) is 17.5 Å². The quantitative estimate of drug-likeness (QED) is 0.448. The van der Waals surface area contributed by atoms with Crippen LogP contribution in [0.3, 0.4) is 0 Å². The van der Waals surface area contributed by atoms with E-state index in [1.807, 2.05) is 19.1 Å². The molecule has 8 nitrogen and oxygen atoms in total. The molecule has 3 aromatic rings. The number of ether oxygens (including phenoxy) is 1. The highest BCUT2D eigenvalue weighted by Crippen LogP contribution is 2.39. The predicted octanol–water partition coefficient (Wildman–Crippen LogP) is 5.19. The molecule has 0 spiro atoms. The summed E-state index contributed by atoms with van der Waals surface area (Å²) < 4.78 is 5.93. The molecule has 0 saturated heterocycles. The van der Waals surface area contributed by atoms with Crippen LogP contribution in [0.2, 0.25) is 5.02 Å². The summed E-state index contributed by atoms with van der Waals surface area (Å²) in [5.74, 6) is 0.0385. The average molecular weight is 438 g/mol. The number of fused-ring (bicyclic) bond motifs is 2. The molecule has 0 unspecified atom stereocenters. The number of anilines is 2. The summed E-state index contributed by atoms with van der Waals surface area (Å²) in [6.45, 7) is 1.92. The van der Waals surface area contributed by atoms with Gasteiger partial charge in [0.2, 0.25) is 0 Å². The Morgan fingerprint density at radius 2 is 1.84 bits per heavy atom. The second kappa shape index (κ2) is 7.73. The number of aryl methyl sites for hydroxylation is 1. The maximum atomic E-state index is 13.0. The number of hydrogen-bond acceptors (Lipinski definition) is 5. The van der Waals surface area contributed by atoms with Crippen LogP contribution in [0.25, 0.3) is 0 Å². The zero-order valence-electron chi connectivity index (χ0n) is 16.5. The Labute approximate surface area is 182 Å². The first-order valence-corrected chi connectivity index (χ1v) is 9.58. The topological polar surface area (TPSA) is 102 Å². The molecular weight excluding hydrogens is 422 g/mol. The Balaban J connectivity index is 1.65. The molecule has 1 aliphatic heterocycles. The standard InChI is InChI=1S/C22H16ClN3O5/c1-12-3-7-20-18(9-12)25(2)22(28)15-11-14(5-8-19(15)31-20)24-21(27)13-4-6-16(23)17(10-13)26(29)30/h3-11H,1-2H3,(H,24,27). The second-order valence-electron chi connectivity index (χ2n) is 7.03. The number of nitro benzene ring substituents is 1. The minimum Gasteiger partial charge on any atom is -0.454 e. The number of carbonyl (C=O) groups excluding carboxylic acids is 2. The van der Waals surface area contributed by atoms with Crippen molar-refractivity contribution in [2.45, 2.75) is 6.92 Å². The molecule has 31 heavy (non-hydrogen) atoms. The van der Waals surface area contributed by atoms with E-state index in [9.17, 15) is 19.7 Å². The monoisotopic (exact) mass is 437 g/mol.